The highest BCUT2D eigenvalue weighted by molar-refractivity contribution is 7.90. The molecule has 1 N–H and O–H groups in total. The zero-order valence-electron chi connectivity index (χ0n) is 14.3. The maximum atomic E-state index is 12.0. The van der Waals surface area contributed by atoms with Crippen LogP contribution >= 0.6 is 12.4 Å². The Kier molecular flexibility index (Phi) is 6.43. The zero-order chi connectivity index (χ0) is 17.2. The summed E-state index contributed by atoms with van der Waals surface area (Å²) in [5.41, 5.74) is 3.34. The number of nitrogens with one attached hydrogen (secondary N) is 1. The molecule has 1 aliphatic carbocycles. The molecule has 25 heavy (non-hydrogen) atoms. The molecule has 0 unspecified atom stereocenters. The lowest BCUT2D eigenvalue weighted by Gasteiger charge is -2.14. The summed E-state index contributed by atoms with van der Waals surface area (Å²) in [6.45, 7) is 3.85. The van der Waals surface area contributed by atoms with Crippen molar-refractivity contribution in [2.45, 2.75) is 44.6 Å². The van der Waals surface area contributed by atoms with Gasteiger partial charge in [-0.2, -0.15) is 0 Å². The van der Waals surface area contributed by atoms with Gasteiger partial charge in [-0.1, -0.05) is 12.1 Å². The molecule has 0 fully saturated rings. The number of benzene rings is 1. The molecule has 1 heterocycles. The minimum atomic E-state index is -3.24. The third kappa shape index (κ3) is 4.93. The molecule has 1 atom stereocenters. The molecule has 0 bridgehead atoms. The fourth-order valence-electron chi connectivity index (χ4n) is 2.79. The Labute approximate surface area is 155 Å². The van der Waals surface area contributed by atoms with Crippen LogP contribution in [-0.2, 0) is 29.5 Å². The van der Waals surface area contributed by atoms with Crippen molar-refractivity contribution in [1.29, 1.82) is 0 Å². The van der Waals surface area contributed by atoms with Crippen LogP contribution in [0.3, 0.4) is 0 Å². The topological polar surface area (TPSA) is 68.3 Å². The van der Waals surface area contributed by atoms with E-state index in [0.29, 0.717) is 13.0 Å². The van der Waals surface area contributed by atoms with Gasteiger partial charge in [0.25, 0.3) is 0 Å². The Morgan fingerprint density at radius 2 is 2.00 bits per heavy atom. The lowest BCUT2D eigenvalue weighted by molar-refractivity contribution is 0.305. The molecule has 5 nitrogen and oxygen atoms in total. The van der Waals surface area contributed by atoms with Crippen LogP contribution in [0.1, 0.15) is 30.5 Å². The summed E-state index contributed by atoms with van der Waals surface area (Å²) in [6, 6.07) is 9.76. The van der Waals surface area contributed by atoms with E-state index in [1.807, 2.05) is 30.3 Å². The fraction of sp³-hybridized carbons (Fsp3) is 0.389. The van der Waals surface area contributed by atoms with Gasteiger partial charge < -0.3 is 4.74 Å². The van der Waals surface area contributed by atoms with Crippen molar-refractivity contribution in [3.63, 3.8) is 0 Å². The summed E-state index contributed by atoms with van der Waals surface area (Å²) in [4.78, 5) is 4.07. The molecule has 0 aliphatic heterocycles. The van der Waals surface area contributed by atoms with Crippen molar-refractivity contribution in [3.8, 4) is 5.75 Å². The second kappa shape index (κ2) is 8.17. The summed E-state index contributed by atoms with van der Waals surface area (Å²) in [5.74, 6) is 0.796. The van der Waals surface area contributed by atoms with Gasteiger partial charge in [-0.15, -0.1) is 12.4 Å². The predicted octanol–water partition coefficient (Wildman–Crippen LogP) is 2.88. The van der Waals surface area contributed by atoms with Crippen LogP contribution in [0.4, 0.5) is 0 Å². The van der Waals surface area contributed by atoms with E-state index in [0.717, 1.165) is 23.3 Å². The summed E-state index contributed by atoms with van der Waals surface area (Å²) in [7, 11) is -3.24. The van der Waals surface area contributed by atoms with Gasteiger partial charge in [-0.3, -0.25) is 4.98 Å². The van der Waals surface area contributed by atoms with Crippen molar-refractivity contribution in [2.24, 2.45) is 0 Å². The van der Waals surface area contributed by atoms with E-state index in [2.05, 4.69) is 9.71 Å². The number of halogens is 1. The summed E-state index contributed by atoms with van der Waals surface area (Å²) < 4.78 is 32.7. The van der Waals surface area contributed by atoms with E-state index in [4.69, 9.17) is 4.74 Å². The first kappa shape index (κ1) is 19.7. The number of nitrogens with zero attached hydrogens (tertiary/aromatic N) is 1. The van der Waals surface area contributed by atoms with Gasteiger partial charge in [0.15, 0.2) is 0 Å². The van der Waals surface area contributed by atoms with Crippen LogP contribution in [0.2, 0.25) is 0 Å². The summed E-state index contributed by atoms with van der Waals surface area (Å²) in [5, 5.41) is -0.417. The van der Waals surface area contributed by atoms with E-state index in [-0.39, 0.29) is 18.4 Å². The van der Waals surface area contributed by atoms with Crippen LogP contribution in [-0.4, -0.2) is 24.7 Å². The smallest absolute Gasteiger partial charge is 0.214 e. The number of ether oxygens (including phenoxy) is 1. The van der Waals surface area contributed by atoms with Gasteiger partial charge in [0.05, 0.1) is 5.25 Å². The maximum Gasteiger partial charge on any atom is 0.214 e. The first-order valence-electron chi connectivity index (χ1n) is 8.08. The minimum Gasteiger partial charge on any atom is -0.489 e. The van der Waals surface area contributed by atoms with Gasteiger partial charge in [0.1, 0.15) is 12.4 Å². The van der Waals surface area contributed by atoms with Gasteiger partial charge >= 0.3 is 0 Å². The van der Waals surface area contributed by atoms with E-state index in [9.17, 15) is 8.42 Å². The van der Waals surface area contributed by atoms with Gasteiger partial charge in [0, 0.05) is 24.0 Å². The fourth-order valence-corrected chi connectivity index (χ4v) is 3.69. The molecule has 0 saturated carbocycles. The normalized spacial score (nSPS) is 16.4. The largest absolute Gasteiger partial charge is 0.489 e. The number of fused-ring (bicyclic) bond motifs is 1. The zero-order valence-corrected chi connectivity index (χ0v) is 15.9. The molecular formula is C18H23ClN2O3S. The molecule has 1 aliphatic rings. The van der Waals surface area contributed by atoms with Crippen LogP contribution < -0.4 is 9.46 Å². The molecule has 0 radical (unpaired) electrons. The van der Waals surface area contributed by atoms with Crippen LogP contribution in [0.5, 0.6) is 5.75 Å². The summed E-state index contributed by atoms with van der Waals surface area (Å²) in [6.07, 6.45) is 4.94. The average Bonchev–Trinajstić information content (AvgIpc) is 2.94. The Bertz CT molecular complexity index is 810. The molecule has 2 aromatic rings. The van der Waals surface area contributed by atoms with Gasteiger partial charge in [0.2, 0.25) is 10.0 Å². The van der Waals surface area contributed by atoms with Crippen molar-refractivity contribution < 1.29 is 13.2 Å². The number of hydrogen-bond acceptors (Lipinski definition) is 4. The quantitative estimate of drug-likeness (QED) is 0.834. The van der Waals surface area contributed by atoms with E-state index in [1.54, 1.807) is 26.2 Å². The Morgan fingerprint density at radius 1 is 1.24 bits per heavy atom. The van der Waals surface area contributed by atoms with Crippen molar-refractivity contribution in [1.82, 2.24) is 9.71 Å². The molecular weight excluding hydrogens is 360 g/mol. The average molecular weight is 383 g/mol. The Morgan fingerprint density at radius 3 is 2.68 bits per heavy atom. The molecule has 1 aromatic carbocycles. The molecule has 1 aromatic heterocycles. The van der Waals surface area contributed by atoms with Crippen molar-refractivity contribution >= 4 is 22.4 Å². The molecule has 0 amide bonds. The molecule has 0 spiro atoms. The number of rotatable bonds is 6. The molecule has 7 heteroatoms. The Hall–Kier alpha value is -1.63. The lowest BCUT2D eigenvalue weighted by atomic mass is 10.1. The van der Waals surface area contributed by atoms with Gasteiger partial charge in [-0.05, 0) is 56.0 Å². The Balaban J connectivity index is 0.00000225. The standard InChI is InChI=1S/C18H22N2O3S.ClH/c1-13(2)24(21,22)20-17-8-15-5-6-18(10-16(15)9-17)23-12-14-4-3-7-19-11-14;/h3-7,10-11,13,17,20H,8-9,12H2,1-2H3;1H/t17-;/m0./s1. The first-order chi connectivity index (χ1) is 11.4. The van der Waals surface area contributed by atoms with Gasteiger partial charge in [-0.25, -0.2) is 13.1 Å². The van der Waals surface area contributed by atoms with Crippen LogP contribution in [0.25, 0.3) is 0 Å². The second-order valence-electron chi connectivity index (χ2n) is 6.40. The highest BCUT2D eigenvalue weighted by Crippen LogP contribution is 2.27. The SMILES string of the molecule is CC(C)S(=O)(=O)N[C@H]1Cc2ccc(OCc3cccnc3)cc2C1.Cl. The number of pyridine rings is 1. The highest BCUT2D eigenvalue weighted by Gasteiger charge is 2.27. The number of hydrogen-bond donors (Lipinski definition) is 1. The van der Waals surface area contributed by atoms with Crippen LogP contribution in [0, 0.1) is 0 Å². The van der Waals surface area contributed by atoms with E-state index >= 15 is 0 Å². The van der Waals surface area contributed by atoms with Crippen molar-refractivity contribution in [2.75, 3.05) is 0 Å². The third-order valence-electron chi connectivity index (χ3n) is 4.19. The molecule has 3 rings (SSSR count). The van der Waals surface area contributed by atoms with Crippen LogP contribution in [0.15, 0.2) is 42.7 Å². The van der Waals surface area contributed by atoms with E-state index < -0.39 is 15.3 Å². The highest BCUT2D eigenvalue weighted by atomic mass is 35.5. The first-order valence-corrected chi connectivity index (χ1v) is 9.63. The maximum absolute atomic E-state index is 12.0. The molecule has 0 saturated heterocycles. The third-order valence-corrected chi connectivity index (χ3v) is 6.09. The van der Waals surface area contributed by atoms with Crippen molar-refractivity contribution in [3.05, 3.63) is 59.4 Å². The lowest BCUT2D eigenvalue weighted by Crippen LogP contribution is -2.39. The number of sulfonamides is 1. The molecule has 136 valence electrons. The minimum absolute atomic E-state index is 0. The predicted molar refractivity (Wildman–Crippen MR) is 101 cm³/mol. The van der Waals surface area contributed by atoms with E-state index in [1.165, 1.54) is 5.56 Å². The summed E-state index contributed by atoms with van der Waals surface area (Å²) >= 11 is 0. The monoisotopic (exact) mass is 382 g/mol. The second-order valence-corrected chi connectivity index (χ2v) is 8.67. The number of aromatic nitrogens is 1.